The van der Waals surface area contributed by atoms with Gasteiger partial charge in [-0.2, -0.15) is 0 Å². The number of carbonyl (C=O) groups excluding carboxylic acids is 1. The van der Waals surface area contributed by atoms with E-state index in [4.69, 9.17) is 4.98 Å². The van der Waals surface area contributed by atoms with Crippen LogP contribution in [0.1, 0.15) is 18.4 Å². The van der Waals surface area contributed by atoms with Gasteiger partial charge < -0.3 is 10.2 Å². The fraction of sp³-hybridized carbons (Fsp3) is 0.480. The summed E-state index contributed by atoms with van der Waals surface area (Å²) in [6.07, 6.45) is 3.77. The first-order valence-electron chi connectivity index (χ1n) is 12.0. The summed E-state index contributed by atoms with van der Waals surface area (Å²) in [6, 6.07) is 14.6. The van der Waals surface area contributed by atoms with E-state index in [2.05, 4.69) is 55.3 Å². The number of piperidine rings is 1. The lowest BCUT2D eigenvalue weighted by Gasteiger charge is -2.35. The van der Waals surface area contributed by atoms with Gasteiger partial charge in [0, 0.05) is 65.1 Å². The van der Waals surface area contributed by atoms with Crippen LogP contribution in [0.5, 0.6) is 0 Å². The maximum absolute atomic E-state index is 12.9. The number of anilines is 1. The van der Waals surface area contributed by atoms with Crippen molar-refractivity contribution in [1.82, 2.24) is 25.1 Å². The van der Waals surface area contributed by atoms with Crippen molar-refractivity contribution in [1.29, 1.82) is 0 Å². The Hall–Kier alpha value is -2.55. The quantitative estimate of drug-likeness (QED) is 0.580. The average molecular weight is 465 g/mol. The van der Waals surface area contributed by atoms with Crippen LogP contribution in [0.4, 0.5) is 5.13 Å². The summed E-state index contributed by atoms with van der Waals surface area (Å²) >= 11 is 1.62. The maximum Gasteiger partial charge on any atom is 0.224 e. The van der Waals surface area contributed by atoms with Crippen molar-refractivity contribution in [2.75, 3.05) is 57.3 Å². The molecule has 7 nitrogen and oxygen atoms in total. The Kier molecular flexibility index (Phi) is 7.14. The highest BCUT2D eigenvalue weighted by Gasteiger charge is 2.27. The molecule has 1 atom stereocenters. The molecule has 0 spiro atoms. The van der Waals surface area contributed by atoms with Crippen LogP contribution in [0.3, 0.4) is 0 Å². The third kappa shape index (κ3) is 5.69. The van der Waals surface area contributed by atoms with Gasteiger partial charge in [0.1, 0.15) is 10.3 Å². The van der Waals surface area contributed by atoms with Crippen LogP contribution in [0.25, 0.3) is 10.3 Å². The predicted octanol–water partition coefficient (Wildman–Crippen LogP) is 2.84. The molecule has 3 aromatic rings. The van der Waals surface area contributed by atoms with Gasteiger partial charge in [-0.1, -0.05) is 41.7 Å². The molecule has 2 saturated heterocycles. The van der Waals surface area contributed by atoms with Gasteiger partial charge >= 0.3 is 0 Å². The third-order valence-electron chi connectivity index (χ3n) is 6.66. The van der Waals surface area contributed by atoms with E-state index in [1.807, 2.05) is 12.1 Å². The molecule has 0 unspecified atom stereocenters. The second kappa shape index (κ2) is 10.6. The number of aromatic nitrogens is 2. The summed E-state index contributed by atoms with van der Waals surface area (Å²) < 4.78 is 0. The number of hydrogen-bond donors (Lipinski definition) is 1. The number of nitrogens with zero attached hydrogens (tertiary/aromatic N) is 5. The summed E-state index contributed by atoms with van der Waals surface area (Å²) in [6.45, 7) is 8.64. The van der Waals surface area contributed by atoms with Gasteiger partial charge in [-0.25, -0.2) is 9.97 Å². The Morgan fingerprint density at radius 1 is 1.03 bits per heavy atom. The molecule has 4 heterocycles. The zero-order chi connectivity index (χ0) is 22.5. The van der Waals surface area contributed by atoms with Crippen molar-refractivity contribution in [3.8, 4) is 0 Å². The molecule has 1 N–H and O–H groups in total. The molecule has 5 rings (SSSR count). The zero-order valence-electron chi connectivity index (χ0n) is 19.0. The highest BCUT2D eigenvalue weighted by Crippen LogP contribution is 2.30. The van der Waals surface area contributed by atoms with Crippen molar-refractivity contribution in [2.24, 2.45) is 5.92 Å². The molecule has 174 valence electrons. The standard InChI is InChI=1S/C25H32N6OS/c32-23(21-8-5-12-31(19-21)25-28-22-9-4-10-27-24(22)33-25)26-11-13-29-14-16-30(17-15-29)18-20-6-2-1-3-7-20/h1-4,6-7,9-10,21H,5,8,11-19H2,(H,26,32)/t21-/m1/s1. The normalized spacial score (nSPS) is 20.2. The number of amides is 1. The van der Waals surface area contributed by atoms with Gasteiger partial charge in [-0.15, -0.1) is 0 Å². The van der Waals surface area contributed by atoms with Gasteiger partial charge in [0.15, 0.2) is 5.13 Å². The second-order valence-corrected chi connectivity index (χ2v) is 9.96. The Bertz CT molecular complexity index is 1020. The summed E-state index contributed by atoms with van der Waals surface area (Å²) in [4.78, 5) is 30.2. The van der Waals surface area contributed by atoms with Gasteiger partial charge in [-0.3, -0.25) is 14.6 Å². The molecular formula is C25H32N6OS. The first-order valence-corrected chi connectivity index (χ1v) is 12.8. The van der Waals surface area contributed by atoms with Crippen LogP contribution in [-0.4, -0.2) is 78.0 Å². The number of carbonyl (C=O) groups is 1. The number of nitrogens with one attached hydrogen (secondary N) is 1. The number of thiazole rings is 1. The second-order valence-electron chi connectivity index (χ2n) is 9.00. The minimum atomic E-state index is 0.0291. The molecular weight excluding hydrogens is 432 g/mol. The molecule has 2 aromatic heterocycles. The highest BCUT2D eigenvalue weighted by atomic mass is 32.1. The Balaban J connectivity index is 1.04. The van der Waals surface area contributed by atoms with Crippen LogP contribution < -0.4 is 10.2 Å². The average Bonchev–Trinajstić information content (AvgIpc) is 3.30. The zero-order valence-corrected chi connectivity index (χ0v) is 19.8. The molecule has 0 aliphatic carbocycles. The molecule has 2 aliphatic rings. The van der Waals surface area contributed by atoms with E-state index in [1.54, 1.807) is 17.5 Å². The van der Waals surface area contributed by atoms with E-state index < -0.39 is 0 Å². The molecule has 1 aromatic carbocycles. The molecule has 0 saturated carbocycles. The van der Waals surface area contributed by atoms with Crippen molar-refractivity contribution in [3.63, 3.8) is 0 Å². The molecule has 1 amide bonds. The van der Waals surface area contributed by atoms with Gasteiger partial charge in [0.2, 0.25) is 5.91 Å². The van der Waals surface area contributed by atoms with Crippen molar-refractivity contribution in [2.45, 2.75) is 19.4 Å². The smallest absolute Gasteiger partial charge is 0.224 e. The SMILES string of the molecule is O=C(NCCN1CCN(Cc2ccccc2)CC1)[C@@H]1CCCN(c2nc3cccnc3s2)C1. The number of pyridine rings is 1. The van der Waals surface area contributed by atoms with E-state index in [0.717, 1.165) is 87.2 Å². The largest absolute Gasteiger partial charge is 0.355 e. The maximum atomic E-state index is 12.9. The van der Waals surface area contributed by atoms with Crippen LogP contribution in [0.15, 0.2) is 48.7 Å². The first-order chi connectivity index (χ1) is 16.2. The summed E-state index contributed by atoms with van der Waals surface area (Å²) in [5.74, 6) is 0.211. The third-order valence-corrected chi connectivity index (χ3v) is 7.70. The number of piperazine rings is 1. The van der Waals surface area contributed by atoms with Crippen LogP contribution >= 0.6 is 11.3 Å². The van der Waals surface area contributed by atoms with E-state index in [0.29, 0.717) is 0 Å². The lowest BCUT2D eigenvalue weighted by molar-refractivity contribution is -0.125. The van der Waals surface area contributed by atoms with Crippen LogP contribution in [0, 0.1) is 5.92 Å². The minimum absolute atomic E-state index is 0.0291. The number of fused-ring (bicyclic) bond motifs is 1. The van der Waals surface area contributed by atoms with E-state index in [-0.39, 0.29) is 11.8 Å². The van der Waals surface area contributed by atoms with E-state index in [1.165, 1.54) is 5.56 Å². The Morgan fingerprint density at radius 3 is 2.67 bits per heavy atom. The molecule has 0 bridgehead atoms. The fourth-order valence-electron chi connectivity index (χ4n) is 4.75. The van der Waals surface area contributed by atoms with Gasteiger partial charge in [0.25, 0.3) is 0 Å². The van der Waals surface area contributed by atoms with Crippen molar-refractivity contribution < 1.29 is 4.79 Å². The molecule has 33 heavy (non-hydrogen) atoms. The molecule has 8 heteroatoms. The van der Waals surface area contributed by atoms with Crippen LogP contribution in [0.2, 0.25) is 0 Å². The monoisotopic (exact) mass is 464 g/mol. The van der Waals surface area contributed by atoms with E-state index in [9.17, 15) is 4.79 Å². The van der Waals surface area contributed by atoms with E-state index >= 15 is 0 Å². The van der Waals surface area contributed by atoms with Gasteiger partial charge in [0.05, 0.1) is 5.92 Å². The lowest BCUT2D eigenvalue weighted by Crippen LogP contribution is -2.49. The number of rotatable bonds is 7. The van der Waals surface area contributed by atoms with Crippen molar-refractivity contribution in [3.05, 3.63) is 54.2 Å². The van der Waals surface area contributed by atoms with Crippen LogP contribution in [-0.2, 0) is 11.3 Å². The Morgan fingerprint density at radius 2 is 1.85 bits per heavy atom. The first kappa shape index (κ1) is 22.3. The lowest BCUT2D eigenvalue weighted by atomic mass is 9.97. The summed E-state index contributed by atoms with van der Waals surface area (Å²) in [5.41, 5.74) is 2.31. The number of benzene rings is 1. The Labute approximate surface area is 199 Å². The predicted molar refractivity (Wildman–Crippen MR) is 134 cm³/mol. The highest BCUT2D eigenvalue weighted by molar-refractivity contribution is 7.21. The summed E-state index contributed by atoms with van der Waals surface area (Å²) in [5, 5.41) is 4.18. The van der Waals surface area contributed by atoms with Crippen molar-refractivity contribution >= 4 is 32.7 Å². The molecule has 2 fully saturated rings. The summed E-state index contributed by atoms with van der Waals surface area (Å²) in [7, 11) is 0. The molecule has 2 aliphatic heterocycles. The fourth-order valence-corrected chi connectivity index (χ4v) is 5.70. The van der Waals surface area contributed by atoms with Gasteiger partial charge in [-0.05, 0) is 30.5 Å². The molecule has 0 radical (unpaired) electrons. The minimum Gasteiger partial charge on any atom is -0.355 e. The topological polar surface area (TPSA) is 64.6 Å². The number of hydrogen-bond acceptors (Lipinski definition) is 7.